The molecule has 0 radical (unpaired) electrons. The Balaban J connectivity index is 3.36. The number of carbonyl (C=O) groups is 1. The van der Waals surface area contributed by atoms with Crippen LogP contribution in [0.3, 0.4) is 0 Å². The summed E-state index contributed by atoms with van der Waals surface area (Å²) in [4.78, 5) is 14.5. The number of aliphatic carboxylic acids is 1. The van der Waals surface area contributed by atoms with Crippen LogP contribution in [0.15, 0.2) is 4.99 Å². The molecule has 0 aliphatic carbocycles. The van der Waals surface area contributed by atoms with Crippen LogP contribution < -0.4 is 10.8 Å². The van der Waals surface area contributed by atoms with E-state index in [-0.39, 0.29) is 0 Å². The number of nitrogens with one attached hydrogen (secondary N) is 2. The van der Waals surface area contributed by atoms with Gasteiger partial charge in [0.15, 0.2) is 0 Å². The Bertz CT molecular complexity index is 223. The second-order valence-corrected chi connectivity index (χ2v) is 5.21. The van der Waals surface area contributed by atoms with Crippen molar-refractivity contribution < 1.29 is 15.1 Å². The average molecular weight is 282 g/mol. The number of aliphatic imine (C=N–C) groups is 1. The molecule has 0 aromatic heterocycles. The quantitative estimate of drug-likeness (QED) is 0.166. The maximum absolute atomic E-state index is 10.4. The normalized spacial score (nSPS) is 13.7. The third-order valence-corrected chi connectivity index (χ3v) is 3.38. The van der Waals surface area contributed by atoms with Crippen molar-refractivity contribution in [3.05, 3.63) is 0 Å². The zero-order valence-electron chi connectivity index (χ0n) is 8.86. The Kier molecular flexibility index (Phi) is 8.31. The fourth-order valence-corrected chi connectivity index (χ4v) is 2.19. The van der Waals surface area contributed by atoms with Crippen molar-refractivity contribution in [3.63, 3.8) is 0 Å². The van der Waals surface area contributed by atoms with E-state index in [1.807, 2.05) is 5.48 Å². The van der Waals surface area contributed by atoms with Crippen LogP contribution in [0.1, 0.15) is 13.8 Å². The number of nitrogens with zero attached hydrogens (tertiary/aromatic N) is 1. The molecule has 0 saturated carbocycles. The molecule has 88 valence electrons. The molecule has 1 atom stereocenters. The minimum absolute atomic E-state index is 0.336. The van der Waals surface area contributed by atoms with Gasteiger partial charge < -0.3 is 0 Å². The van der Waals surface area contributed by atoms with Crippen LogP contribution in [0.5, 0.6) is 0 Å². The van der Waals surface area contributed by atoms with Gasteiger partial charge in [-0.25, -0.2) is 0 Å². The molecule has 0 fully saturated rings. The van der Waals surface area contributed by atoms with Crippen LogP contribution >= 0.6 is 0 Å². The molecule has 0 bridgehead atoms. The Labute approximate surface area is 95.3 Å². The van der Waals surface area contributed by atoms with Gasteiger partial charge in [0.25, 0.3) is 0 Å². The standard InChI is InChI=1S/C8H17N3O3Se/c1-6(8(12)13)10-5-15-4-3-9-7(2)11-14/h6,10,14H,3-5H2,1-2H3,(H,9,11)(H,12,13)/t6-/m0/s1. The summed E-state index contributed by atoms with van der Waals surface area (Å²) < 4.78 is 0. The van der Waals surface area contributed by atoms with Gasteiger partial charge >= 0.3 is 94.9 Å². The van der Waals surface area contributed by atoms with Gasteiger partial charge in [-0.2, -0.15) is 0 Å². The predicted octanol–water partition coefficient (Wildman–Crippen LogP) is -0.474. The first-order valence-corrected chi connectivity index (χ1v) is 6.95. The Hall–Kier alpha value is -0.621. The van der Waals surface area contributed by atoms with Crippen molar-refractivity contribution in [2.75, 3.05) is 12.0 Å². The molecule has 0 spiro atoms. The summed E-state index contributed by atoms with van der Waals surface area (Å²) in [5, 5.41) is 20.8. The van der Waals surface area contributed by atoms with E-state index < -0.39 is 12.0 Å². The Morgan fingerprint density at radius 3 is 2.80 bits per heavy atom. The topological polar surface area (TPSA) is 94.0 Å². The van der Waals surface area contributed by atoms with Crippen molar-refractivity contribution in [2.24, 2.45) is 4.99 Å². The molecular weight excluding hydrogens is 265 g/mol. The summed E-state index contributed by atoms with van der Waals surface area (Å²) >= 11 is 0.336. The molecule has 0 amide bonds. The summed E-state index contributed by atoms with van der Waals surface area (Å²) in [5.74, 6) is -0.332. The first-order valence-electron chi connectivity index (χ1n) is 4.53. The van der Waals surface area contributed by atoms with Crippen molar-refractivity contribution in [3.8, 4) is 0 Å². The molecule has 0 aliphatic rings. The summed E-state index contributed by atoms with van der Waals surface area (Å²) in [6.45, 7) is 3.96. The molecule has 4 N–H and O–H groups in total. The zero-order chi connectivity index (χ0) is 11.7. The van der Waals surface area contributed by atoms with E-state index in [0.29, 0.717) is 27.3 Å². The number of carboxylic acid groups (broad SMARTS) is 1. The average Bonchev–Trinajstić information content (AvgIpc) is 2.22. The van der Waals surface area contributed by atoms with E-state index in [1.165, 1.54) is 0 Å². The first-order chi connectivity index (χ1) is 7.07. The van der Waals surface area contributed by atoms with Crippen molar-refractivity contribution in [1.82, 2.24) is 10.8 Å². The van der Waals surface area contributed by atoms with Crippen LogP contribution in [0.2, 0.25) is 5.32 Å². The van der Waals surface area contributed by atoms with Crippen LogP contribution in [0.25, 0.3) is 0 Å². The van der Waals surface area contributed by atoms with Crippen molar-refractivity contribution in [1.29, 1.82) is 0 Å². The molecule has 7 heteroatoms. The number of hydrogen-bond acceptors (Lipinski definition) is 4. The van der Waals surface area contributed by atoms with Gasteiger partial charge in [-0.15, -0.1) is 0 Å². The first kappa shape index (κ1) is 14.4. The third kappa shape index (κ3) is 8.38. The molecule has 6 nitrogen and oxygen atoms in total. The summed E-state index contributed by atoms with van der Waals surface area (Å²) in [7, 11) is 0. The Morgan fingerprint density at radius 1 is 1.60 bits per heavy atom. The molecule has 0 unspecified atom stereocenters. The molecule has 0 aromatic rings. The Morgan fingerprint density at radius 2 is 2.27 bits per heavy atom. The minimum atomic E-state index is -0.829. The molecule has 0 saturated heterocycles. The van der Waals surface area contributed by atoms with E-state index in [2.05, 4.69) is 10.3 Å². The van der Waals surface area contributed by atoms with Gasteiger partial charge in [0.1, 0.15) is 0 Å². The van der Waals surface area contributed by atoms with E-state index in [4.69, 9.17) is 10.3 Å². The zero-order valence-corrected chi connectivity index (χ0v) is 10.6. The molecular formula is C8H17N3O3Se. The van der Waals surface area contributed by atoms with E-state index in [1.54, 1.807) is 13.8 Å². The fourth-order valence-electron chi connectivity index (χ4n) is 0.657. The van der Waals surface area contributed by atoms with Gasteiger partial charge in [-0.3, -0.25) is 0 Å². The molecule has 0 rings (SSSR count). The van der Waals surface area contributed by atoms with Crippen LogP contribution in [-0.2, 0) is 4.79 Å². The molecule has 0 heterocycles. The van der Waals surface area contributed by atoms with Gasteiger partial charge in [0.2, 0.25) is 0 Å². The van der Waals surface area contributed by atoms with Gasteiger partial charge in [0.05, 0.1) is 0 Å². The van der Waals surface area contributed by atoms with E-state index in [9.17, 15) is 4.79 Å². The predicted molar refractivity (Wildman–Crippen MR) is 58.6 cm³/mol. The van der Waals surface area contributed by atoms with Crippen molar-refractivity contribution >= 4 is 26.8 Å². The number of amidine groups is 1. The maximum atomic E-state index is 10.4. The summed E-state index contributed by atoms with van der Waals surface area (Å²) in [5.41, 5.74) is 2.68. The van der Waals surface area contributed by atoms with Gasteiger partial charge in [-0.1, -0.05) is 0 Å². The second kappa shape index (κ2) is 8.67. The van der Waals surface area contributed by atoms with E-state index >= 15 is 0 Å². The van der Waals surface area contributed by atoms with Crippen LogP contribution in [0, 0.1) is 0 Å². The van der Waals surface area contributed by atoms with Crippen LogP contribution in [-0.4, -0.2) is 55.1 Å². The third-order valence-electron chi connectivity index (χ3n) is 1.61. The van der Waals surface area contributed by atoms with Gasteiger partial charge in [-0.05, 0) is 0 Å². The monoisotopic (exact) mass is 283 g/mol. The summed E-state index contributed by atoms with van der Waals surface area (Å²) in [6, 6.07) is -0.490. The van der Waals surface area contributed by atoms with E-state index in [0.717, 1.165) is 10.8 Å². The van der Waals surface area contributed by atoms with Crippen LogP contribution in [0.4, 0.5) is 0 Å². The van der Waals surface area contributed by atoms with Crippen molar-refractivity contribution in [2.45, 2.75) is 25.2 Å². The fraction of sp³-hybridized carbons (Fsp3) is 0.750. The number of carboxylic acids is 1. The molecule has 0 aromatic carbocycles. The SMILES string of the molecule is CC(=NCC[Se]CN[C@@H](C)C(=O)O)NO. The molecule has 0 aliphatic heterocycles. The number of hydrogen-bond donors (Lipinski definition) is 4. The second-order valence-electron chi connectivity index (χ2n) is 2.90. The van der Waals surface area contributed by atoms with Gasteiger partial charge in [0, 0.05) is 0 Å². The number of hydroxylamine groups is 1. The molecule has 15 heavy (non-hydrogen) atoms. The number of rotatable bonds is 7. The summed E-state index contributed by atoms with van der Waals surface area (Å²) in [6.07, 6.45) is 0.